The summed E-state index contributed by atoms with van der Waals surface area (Å²) in [5, 5.41) is 0.558. The van der Waals surface area contributed by atoms with Crippen LogP contribution in [0.1, 0.15) is 25.7 Å². The van der Waals surface area contributed by atoms with Crippen LogP contribution in [0.5, 0.6) is 0 Å². The van der Waals surface area contributed by atoms with E-state index in [0.29, 0.717) is 18.1 Å². The zero-order chi connectivity index (χ0) is 20.1. The minimum absolute atomic E-state index is 0.0923. The van der Waals surface area contributed by atoms with Gasteiger partial charge in [-0.3, -0.25) is 9.10 Å². The molecule has 0 spiro atoms. The fourth-order valence-corrected chi connectivity index (χ4v) is 5.12. The molecule has 2 aromatic carbocycles. The second-order valence-electron chi connectivity index (χ2n) is 6.72. The monoisotopic (exact) mass is 440 g/mol. The fourth-order valence-electron chi connectivity index (χ4n) is 3.24. The Kier molecular flexibility index (Phi) is 6.86. The number of carbonyl (C=O) groups is 1. The molecule has 1 saturated heterocycles. The maximum absolute atomic E-state index is 13.3. The molecule has 0 unspecified atom stereocenters. The van der Waals surface area contributed by atoms with Crippen molar-refractivity contribution >= 4 is 44.8 Å². The summed E-state index contributed by atoms with van der Waals surface area (Å²) in [6.45, 7) is 0.958. The SMILES string of the molecule is O=C(CN(c1cc(Cl)ccc1Cl)S(=O)(=O)c1ccccc1)N1CCCCCC1. The Morgan fingerprint density at radius 1 is 0.964 bits per heavy atom. The third kappa shape index (κ3) is 4.80. The van der Waals surface area contributed by atoms with E-state index < -0.39 is 10.0 Å². The number of anilines is 1. The first kappa shape index (κ1) is 21.0. The Bertz CT molecular complexity index is 928. The zero-order valence-corrected chi connectivity index (χ0v) is 17.7. The number of sulfonamides is 1. The summed E-state index contributed by atoms with van der Waals surface area (Å²) >= 11 is 12.4. The molecule has 2 aromatic rings. The highest BCUT2D eigenvalue weighted by Crippen LogP contribution is 2.33. The second-order valence-corrected chi connectivity index (χ2v) is 9.42. The summed E-state index contributed by atoms with van der Waals surface area (Å²) in [4.78, 5) is 14.8. The Morgan fingerprint density at radius 3 is 2.25 bits per heavy atom. The molecule has 1 fully saturated rings. The lowest BCUT2D eigenvalue weighted by Crippen LogP contribution is -2.43. The third-order valence-electron chi connectivity index (χ3n) is 4.75. The molecular weight excluding hydrogens is 419 g/mol. The van der Waals surface area contributed by atoms with Crippen molar-refractivity contribution < 1.29 is 13.2 Å². The van der Waals surface area contributed by atoms with Gasteiger partial charge in [-0.2, -0.15) is 0 Å². The summed E-state index contributed by atoms with van der Waals surface area (Å²) in [5.74, 6) is -0.238. The van der Waals surface area contributed by atoms with Gasteiger partial charge in [-0.25, -0.2) is 8.42 Å². The van der Waals surface area contributed by atoms with Crippen LogP contribution >= 0.6 is 23.2 Å². The van der Waals surface area contributed by atoms with E-state index in [1.807, 2.05) is 0 Å². The topological polar surface area (TPSA) is 57.7 Å². The van der Waals surface area contributed by atoms with Gasteiger partial charge in [-0.05, 0) is 43.2 Å². The largest absolute Gasteiger partial charge is 0.341 e. The highest BCUT2D eigenvalue weighted by atomic mass is 35.5. The molecule has 0 N–H and O–H groups in total. The Morgan fingerprint density at radius 2 is 1.61 bits per heavy atom. The Hall–Kier alpha value is -1.76. The lowest BCUT2D eigenvalue weighted by Gasteiger charge is -2.28. The van der Waals surface area contributed by atoms with Crippen LogP contribution in [-0.2, 0) is 14.8 Å². The van der Waals surface area contributed by atoms with Gasteiger partial charge in [-0.15, -0.1) is 0 Å². The number of hydrogen-bond acceptors (Lipinski definition) is 3. The smallest absolute Gasteiger partial charge is 0.264 e. The normalized spacial score (nSPS) is 15.1. The standard InChI is InChI=1S/C20H22Cl2N2O3S/c21-16-10-11-18(22)19(14-16)24(28(26,27)17-8-4-3-5-9-17)15-20(25)23-12-6-1-2-7-13-23/h3-5,8-11,14H,1-2,6-7,12-13,15H2. The average molecular weight is 441 g/mol. The van der Waals surface area contributed by atoms with Gasteiger partial charge in [-0.1, -0.05) is 54.2 Å². The van der Waals surface area contributed by atoms with Crippen molar-refractivity contribution in [1.82, 2.24) is 4.90 Å². The van der Waals surface area contributed by atoms with Gasteiger partial charge in [0.2, 0.25) is 5.91 Å². The van der Waals surface area contributed by atoms with Crippen LogP contribution in [-0.4, -0.2) is 38.9 Å². The molecule has 3 rings (SSSR count). The second kappa shape index (κ2) is 9.16. The van der Waals surface area contributed by atoms with Crippen LogP contribution in [0.4, 0.5) is 5.69 Å². The average Bonchev–Trinajstić information content (AvgIpc) is 2.98. The van der Waals surface area contributed by atoms with E-state index in [2.05, 4.69) is 0 Å². The predicted molar refractivity (Wildman–Crippen MR) is 112 cm³/mol. The first-order valence-electron chi connectivity index (χ1n) is 9.20. The molecule has 1 aliphatic rings. The number of hydrogen-bond donors (Lipinski definition) is 0. The van der Waals surface area contributed by atoms with Gasteiger partial charge in [0.25, 0.3) is 10.0 Å². The molecule has 0 bridgehead atoms. The minimum atomic E-state index is -3.99. The quantitative estimate of drug-likeness (QED) is 0.682. The van der Waals surface area contributed by atoms with Crippen LogP contribution in [0.3, 0.4) is 0 Å². The molecule has 150 valence electrons. The van der Waals surface area contributed by atoms with Crippen molar-refractivity contribution in [2.45, 2.75) is 30.6 Å². The van der Waals surface area contributed by atoms with E-state index in [9.17, 15) is 13.2 Å². The molecule has 1 heterocycles. The number of carbonyl (C=O) groups excluding carboxylic acids is 1. The molecule has 0 aliphatic carbocycles. The molecule has 5 nitrogen and oxygen atoms in total. The fraction of sp³-hybridized carbons (Fsp3) is 0.350. The zero-order valence-electron chi connectivity index (χ0n) is 15.4. The van der Waals surface area contributed by atoms with Crippen molar-refractivity contribution in [2.24, 2.45) is 0 Å². The summed E-state index contributed by atoms with van der Waals surface area (Å²) < 4.78 is 27.7. The van der Waals surface area contributed by atoms with Gasteiger partial charge >= 0.3 is 0 Å². The molecule has 0 atom stereocenters. The summed E-state index contributed by atoms with van der Waals surface area (Å²) in [5.41, 5.74) is 0.196. The number of benzene rings is 2. The third-order valence-corrected chi connectivity index (χ3v) is 7.07. The van der Waals surface area contributed by atoms with Crippen LogP contribution in [0.15, 0.2) is 53.4 Å². The summed E-state index contributed by atoms with van der Waals surface area (Å²) in [6.07, 6.45) is 4.01. The number of halogens is 2. The highest BCUT2D eigenvalue weighted by molar-refractivity contribution is 7.92. The molecule has 0 saturated carbocycles. The van der Waals surface area contributed by atoms with Gasteiger partial charge in [0, 0.05) is 18.1 Å². The first-order valence-corrected chi connectivity index (χ1v) is 11.4. The van der Waals surface area contributed by atoms with Gasteiger partial charge < -0.3 is 4.90 Å². The van der Waals surface area contributed by atoms with E-state index in [4.69, 9.17) is 23.2 Å². The van der Waals surface area contributed by atoms with Gasteiger partial charge in [0.05, 0.1) is 15.6 Å². The van der Waals surface area contributed by atoms with Gasteiger partial charge in [0.1, 0.15) is 6.54 Å². The van der Waals surface area contributed by atoms with E-state index in [1.54, 1.807) is 29.2 Å². The molecule has 1 amide bonds. The van der Waals surface area contributed by atoms with Crippen LogP contribution < -0.4 is 4.31 Å². The minimum Gasteiger partial charge on any atom is -0.341 e. The van der Waals surface area contributed by atoms with Crippen molar-refractivity contribution in [1.29, 1.82) is 0 Å². The summed E-state index contributed by atoms with van der Waals surface area (Å²) in [6, 6.07) is 12.6. The van der Waals surface area contributed by atoms with Crippen molar-refractivity contribution in [3.05, 3.63) is 58.6 Å². The van der Waals surface area contributed by atoms with Crippen LogP contribution in [0.2, 0.25) is 10.0 Å². The number of amides is 1. The lowest BCUT2D eigenvalue weighted by molar-refractivity contribution is -0.129. The molecule has 0 radical (unpaired) electrons. The number of rotatable bonds is 5. The van der Waals surface area contributed by atoms with Crippen molar-refractivity contribution in [2.75, 3.05) is 23.9 Å². The van der Waals surface area contributed by atoms with Crippen molar-refractivity contribution in [3.8, 4) is 0 Å². The molecule has 0 aromatic heterocycles. The first-order chi connectivity index (χ1) is 13.4. The van der Waals surface area contributed by atoms with Gasteiger partial charge in [0.15, 0.2) is 0 Å². The molecule has 1 aliphatic heterocycles. The Balaban J connectivity index is 1.99. The highest BCUT2D eigenvalue weighted by Gasteiger charge is 2.30. The summed E-state index contributed by atoms with van der Waals surface area (Å²) in [7, 11) is -3.99. The van der Waals surface area contributed by atoms with Crippen LogP contribution in [0, 0.1) is 0 Å². The van der Waals surface area contributed by atoms with Crippen molar-refractivity contribution in [3.63, 3.8) is 0 Å². The number of likely N-dealkylation sites (tertiary alicyclic amines) is 1. The Labute approximate surface area is 175 Å². The lowest BCUT2D eigenvalue weighted by atomic mass is 10.2. The van der Waals surface area contributed by atoms with E-state index in [1.165, 1.54) is 24.3 Å². The van der Waals surface area contributed by atoms with E-state index in [0.717, 1.165) is 30.0 Å². The number of nitrogens with zero attached hydrogens (tertiary/aromatic N) is 2. The molecular formula is C20H22Cl2N2O3S. The molecule has 28 heavy (non-hydrogen) atoms. The molecule has 8 heteroatoms. The van der Waals surface area contributed by atoms with Crippen LogP contribution in [0.25, 0.3) is 0 Å². The van der Waals surface area contributed by atoms with E-state index in [-0.39, 0.29) is 28.1 Å². The predicted octanol–water partition coefficient (Wildman–Crippen LogP) is 4.59. The van der Waals surface area contributed by atoms with E-state index >= 15 is 0 Å². The maximum Gasteiger partial charge on any atom is 0.264 e. The maximum atomic E-state index is 13.3.